The van der Waals surface area contributed by atoms with Crippen molar-refractivity contribution in [2.45, 2.75) is 6.04 Å². The third-order valence-electron chi connectivity index (χ3n) is 2.03. The molecule has 2 heterocycles. The van der Waals surface area contributed by atoms with Crippen molar-refractivity contribution >= 4 is 43.2 Å². The third kappa shape index (κ3) is 2.49. The number of hydrogen-bond donors (Lipinski definition) is 2. The van der Waals surface area contributed by atoms with Gasteiger partial charge in [0.15, 0.2) is 0 Å². The van der Waals surface area contributed by atoms with Gasteiger partial charge in [-0.15, -0.1) is 11.3 Å². The van der Waals surface area contributed by atoms with Crippen molar-refractivity contribution in [3.05, 3.63) is 43.5 Å². The summed E-state index contributed by atoms with van der Waals surface area (Å²) >= 11 is 8.52. The van der Waals surface area contributed by atoms with Gasteiger partial charge in [-0.1, -0.05) is 0 Å². The lowest BCUT2D eigenvalue weighted by molar-refractivity contribution is 0.641. The molecule has 0 saturated carbocycles. The second-order valence-electron chi connectivity index (χ2n) is 3.04. The molecule has 0 aliphatic rings. The van der Waals surface area contributed by atoms with E-state index in [0.717, 1.165) is 18.7 Å². The molecule has 1 atom stereocenters. The van der Waals surface area contributed by atoms with E-state index in [0.29, 0.717) is 0 Å². The van der Waals surface area contributed by atoms with Gasteiger partial charge in [-0.25, -0.2) is 15.4 Å². The van der Waals surface area contributed by atoms with Crippen LogP contribution >= 0.6 is 43.2 Å². The fourth-order valence-electron chi connectivity index (χ4n) is 1.31. The van der Waals surface area contributed by atoms with E-state index in [4.69, 9.17) is 5.84 Å². The summed E-state index contributed by atoms with van der Waals surface area (Å²) in [6.45, 7) is 0. The Morgan fingerprint density at radius 2 is 2.00 bits per heavy atom. The first-order valence-electron chi connectivity index (χ1n) is 4.38. The highest BCUT2D eigenvalue weighted by Crippen LogP contribution is 2.36. The zero-order valence-corrected chi connectivity index (χ0v) is 12.0. The molecular formula is C9H8Br2N4S. The first-order chi connectivity index (χ1) is 7.72. The number of hydrazine groups is 1. The highest BCUT2D eigenvalue weighted by atomic mass is 79.9. The number of nitrogens with one attached hydrogen (secondary N) is 1. The SMILES string of the molecule is NNC(c1cncnc1)c1cc(Br)c(Br)s1. The van der Waals surface area contributed by atoms with Gasteiger partial charge in [0, 0.05) is 27.3 Å². The Balaban J connectivity index is 2.37. The molecule has 0 fully saturated rings. The van der Waals surface area contributed by atoms with Crippen LogP contribution in [0.3, 0.4) is 0 Å². The average Bonchev–Trinajstić information content (AvgIpc) is 2.61. The van der Waals surface area contributed by atoms with Crippen molar-refractivity contribution < 1.29 is 0 Å². The van der Waals surface area contributed by atoms with Crippen LogP contribution in [0.1, 0.15) is 16.5 Å². The van der Waals surface area contributed by atoms with Crippen LogP contribution in [0.5, 0.6) is 0 Å². The Morgan fingerprint density at radius 3 is 2.50 bits per heavy atom. The fraction of sp³-hybridized carbons (Fsp3) is 0.111. The Hall–Kier alpha value is -0.340. The van der Waals surface area contributed by atoms with Gasteiger partial charge in [0.05, 0.1) is 9.83 Å². The summed E-state index contributed by atoms with van der Waals surface area (Å²) in [7, 11) is 0. The summed E-state index contributed by atoms with van der Waals surface area (Å²) in [5.74, 6) is 5.57. The molecule has 0 aromatic carbocycles. The standard InChI is InChI=1S/C9H8Br2N4S/c10-6-1-7(16-9(6)11)8(15-12)5-2-13-4-14-3-5/h1-4,8,15H,12H2. The summed E-state index contributed by atoms with van der Waals surface area (Å²) in [6, 6.07) is 1.93. The maximum Gasteiger partial charge on any atom is 0.115 e. The molecule has 0 spiro atoms. The number of thiophene rings is 1. The van der Waals surface area contributed by atoms with Crippen LogP contribution in [0.4, 0.5) is 0 Å². The predicted octanol–water partition coefficient (Wildman–Crippen LogP) is 2.62. The van der Waals surface area contributed by atoms with Crippen LogP contribution in [0.2, 0.25) is 0 Å². The summed E-state index contributed by atoms with van der Waals surface area (Å²) in [5, 5.41) is 0. The Kier molecular flexibility index (Phi) is 4.04. The van der Waals surface area contributed by atoms with Crippen molar-refractivity contribution in [2.75, 3.05) is 0 Å². The number of nitrogens with two attached hydrogens (primary N) is 1. The summed E-state index contributed by atoms with van der Waals surface area (Å²) in [5.41, 5.74) is 3.70. The Bertz CT molecular complexity index is 454. The zero-order valence-electron chi connectivity index (χ0n) is 8.02. The number of hydrogen-bond acceptors (Lipinski definition) is 5. The van der Waals surface area contributed by atoms with E-state index in [-0.39, 0.29) is 6.04 Å². The van der Waals surface area contributed by atoms with Crippen molar-refractivity contribution in [1.82, 2.24) is 15.4 Å². The second-order valence-corrected chi connectivity index (χ2v) is 6.30. The number of aromatic nitrogens is 2. The first kappa shape index (κ1) is 12.1. The number of rotatable bonds is 3. The predicted molar refractivity (Wildman–Crippen MR) is 70.9 cm³/mol. The van der Waals surface area contributed by atoms with Gasteiger partial charge < -0.3 is 0 Å². The minimum absolute atomic E-state index is 0.0891. The van der Waals surface area contributed by atoms with Crippen LogP contribution in [0.15, 0.2) is 33.0 Å². The minimum atomic E-state index is -0.0891. The molecule has 84 valence electrons. The highest BCUT2D eigenvalue weighted by Gasteiger charge is 2.16. The smallest absolute Gasteiger partial charge is 0.115 e. The maximum absolute atomic E-state index is 5.57. The van der Waals surface area contributed by atoms with E-state index < -0.39 is 0 Å². The number of halogens is 2. The van der Waals surface area contributed by atoms with Gasteiger partial charge in [0.2, 0.25) is 0 Å². The van der Waals surface area contributed by atoms with E-state index in [9.17, 15) is 0 Å². The maximum atomic E-state index is 5.57. The van der Waals surface area contributed by atoms with Crippen LogP contribution in [-0.2, 0) is 0 Å². The van der Waals surface area contributed by atoms with E-state index in [2.05, 4.69) is 47.3 Å². The molecule has 7 heteroatoms. The van der Waals surface area contributed by atoms with Crippen LogP contribution in [0.25, 0.3) is 0 Å². The molecule has 0 aliphatic carbocycles. The lowest BCUT2D eigenvalue weighted by atomic mass is 10.1. The summed E-state index contributed by atoms with van der Waals surface area (Å²) < 4.78 is 2.06. The molecule has 0 radical (unpaired) electrons. The quantitative estimate of drug-likeness (QED) is 0.649. The van der Waals surface area contributed by atoms with E-state index in [1.165, 1.54) is 6.33 Å². The zero-order chi connectivity index (χ0) is 11.5. The Labute approximate surface area is 114 Å². The van der Waals surface area contributed by atoms with Crippen LogP contribution in [-0.4, -0.2) is 9.97 Å². The number of nitrogens with zero attached hydrogens (tertiary/aromatic N) is 2. The molecule has 16 heavy (non-hydrogen) atoms. The summed E-state index contributed by atoms with van der Waals surface area (Å²) in [6.07, 6.45) is 5.00. The van der Waals surface area contributed by atoms with Gasteiger partial charge in [-0.05, 0) is 37.9 Å². The molecule has 0 amide bonds. The van der Waals surface area contributed by atoms with Crippen LogP contribution < -0.4 is 11.3 Å². The van der Waals surface area contributed by atoms with E-state index in [1.807, 2.05) is 6.07 Å². The lowest BCUT2D eigenvalue weighted by Gasteiger charge is -2.13. The van der Waals surface area contributed by atoms with Gasteiger partial charge >= 0.3 is 0 Å². The first-order valence-corrected chi connectivity index (χ1v) is 6.78. The minimum Gasteiger partial charge on any atom is -0.271 e. The molecule has 2 rings (SSSR count). The van der Waals surface area contributed by atoms with Crippen molar-refractivity contribution in [3.8, 4) is 0 Å². The lowest BCUT2D eigenvalue weighted by Crippen LogP contribution is -2.28. The third-order valence-corrected chi connectivity index (χ3v) is 5.35. The molecule has 2 aromatic rings. The molecule has 0 aliphatic heterocycles. The molecular weight excluding hydrogens is 356 g/mol. The highest BCUT2D eigenvalue weighted by molar-refractivity contribution is 9.13. The molecule has 3 N–H and O–H groups in total. The van der Waals surface area contributed by atoms with Gasteiger partial charge in [-0.3, -0.25) is 5.84 Å². The van der Waals surface area contributed by atoms with Gasteiger partial charge in [0.1, 0.15) is 6.33 Å². The van der Waals surface area contributed by atoms with E-state index in [1.54, 1.807) is 23.7 Å². The summed E-state index contributed by atoms with van der Waals surface area (Å²) in [4.78, 5) is 9.06. The monoisotopic (exact) mass is 362 g/mol. The average molecular weight is 364 g/mol. The van der Waals surface area contributed by atoms with Crippen molar-refractivity contribution in [1.29, 1.82) is 0 Å². The van der Waals surface area contributed by atoms with Crippen molar-refractivity contribution in [2.24, 2.45) is 5.84 Å². The molecule has 2 aromatic heterocycles. The molecule has 0 saturated heterocycles. The molecule has 1 unspecified atom stereocenters. The Morgan fingerprint density at radius 1 is 1.31 bits per heavy atom. The fourth-order valence-corrected chi connectivity index (χ4v) is 3.49. The largest absolute Gasteiger partial charge is 0.271 e. The normalized spacial score (nSPS) is 12.7. The van der Waals surface area contributed by atoms with Crippen LogP contribution in [0, 0.1) is 0 Å². The van der Waals surface area contributed by atoms with Crippen molar-refractivity contribution in [3.63, 3.8) is 0 Å². The molecule has 4 nitrogen and oxygen atoms in total. The molecule has 0 bridgehead atoms. The van der Waals surface area contributed by atoms with Gasteiger partial charge in [0.25, 0.3) is 0 Å². The topological polar surface area (TPSA) is 63.8 Å². The van der Waals surface area contributed by atoms with Gasteiger partial charge in [-0.2, -0.15) is 0 Å². The van der Waals surface area contributed by atoms with E-state index >= 15 is 0 Å². The second kappa shape index (κ2) is 5.33.